The van der Waals surface area contributed by atoms with E-state index < -0.39 is 0 Å². The Bertz CT molecular complexity index is 3200. The van der Waals surface area contributed by atoms with Gasteiger partial charge in [-0.05, 0) is 102 Å². The lowest BCUT2D eigenvalue weighted by Gasteiger charge is -2.12. The summed E-state index contributed by atoms with van der Waals surface area (Å²) in [6.45, 7) is 2.14. The zero-order chi connectivity index (χ0) is 37.9. The summed E-state index contributed by atoms with van der Waals surface area (Å²) >= 11 is 0. The van der Waals surface area contributed by atoms with Crippen LogP contribution in [0.1, 0.15) is 5.56 Å². The van der Waals surface area contributed by atoms with Gasteiger partial charge in [-0.25, -0.2) is 4.98 Å². The predicted octanol–water partition coefficient (Wildman–Crippen LogP) is 14.3. The summed E-state index contributed by atoms with van der Waals surface area (Å²) in [6, 6.07) is 74.5. The summed E-state index contributed by atoms with van der Waals surface area (Å²) in [7, 11) is 0. The SMILES string of the molecule is Cc1ccc(-n2c3ccccc3c3cc(-c4ccc5c(c4)c4ccccc4n5-c4ccc(-c5cc(-c6ccccc6)nc(-c6ccccc6)c5)cc4)ccc32)cc1. The quantitative estimate of drug-likeness (QED) is 0.167. The van der Waals surface area contributed by atoms with Crippen LogP contribution in [0.4, 0.5) is 0 Å². The predicted molar refractivity (Wildman–Crippen MR) is 239 cm³/mol. The lowest BCUT2D eigenvalue weighted by atomic mass is 9.99. The van der Waals surface area contributed by atoms with E-state index >= 15 is 0 Å². The first-order valence-electron chi connectivity index (χ1n) is 19.5. The maximum atomic E-state index is 5.09. The van der Waals surface area contributed by atoms with Gasteiger partial charge in [-0.3, -0.25) is 0 Å². The van der Waals surface area contributed by atoms with E-state index in [0.717, 1.165) is 39.3 Å². The van der Waals surface area contributed by atoms with Crippen LogP contribution in [0.25, 0.3) is 99.8 Å². The van der Waals surface area contributed by atoms with Crippen LogP contribution in [-0.2, 0) is 0 Å². The van der Waals surface area contributed by atoms with E-state index in [1.165, 1.54) is 66.0 Å². The largest absolute Gasteiger partial charge is 0.309 e. The molecule has 0 radical (unpaired) electrons. The van der Waals surface area contributed by atoms with Gasteiger partial charge in [0, 0.05) is 44.0 Å². The van der Waals surface area contributed by atoms with Gasteiger partial charge in [-0.2, -0.15) is 0 Å². The molecule has 0 aliphatic carbocycles. The molecule has 0 aliphatic rings. The van der Waals surface area contributed by atoms with E-state index in [2.05, 4.69) is 210 Å². The number of aryl methyl sites for hydroxylation is 1. The van der Waals surface area contributed by atoms with Crippen molar-refractivity contribution in [2.45, 2.75) is 6.92 Å². The Labute approximate surface area is 331 Å². The first-order valence-corrected chi connectivity index (χ1v) is 19.5. The molecule has 268 valence electrons. The van der Waals surface area contributed by atoms with E-state index in [1.54, 1.807) is 0 Å². The highest BCUT2D eigenvalue weighted by Crippen LogP contribution is 2.39. The average Bonchev–Trinajstić information content (AvgIpc) is 3.79. The van der Waals surface area contributed by atoms with Crippen molar-refractivity contribution in [3.63, 3.8) is 0 Å². The molecule has 57 heavy (non-hydrogen) atoms. The minimum atomic E-state index is 0.963. The van der Waals surface area contributed by atoms with E-state index in [4.69, 9.17) is 4.98 Å². The number of para-hydroxylation sites is 2. The summed E-state index contributed by atoms with van der Waals surface area (Å²) in [4.78, 5) is 5.09. The Kier molecular flexibility index (Phi) is 7.71. The summed E-state index contributed by atoms with van der Waals surface area (Å²) in [5.74, 6) is 0. The molecule has 3 aromatic heterocycles. The standard InChI is InChI=1S/C54H37N3/c1-36-20-26-43(27-21-36)56-51-18-10-8-16-45(51)47-32-40(24-30-53(47)56)41-25-31-54-48(33-41)46-17-9-11-19-52(46)57(54)44-28-22-37(23-29-44)42-34-49(38-12-4-2-5-13-38)55-50(35-42)39-14-6-3-7-15-39/h2-35H,1H3. The molecule has 0 amide bonds. The van der Waals surface area contributed by atoms with E-state index in [9.17, 15) is 0 Å². The number of rotatable bonds is 6. The minimum absolute atomic E-state index is 0.963. The minimum Gasteiger partial charge on any atom is -0.309 e. The number of hydrogen-bond acceptors (Lipinski definition) is 1. The van der Waals surface area contributed by atoms with Gasteiger partial charge in [0.2, 0.25) is 0 Å². The van der Waals surface area contributed by atoms with Gasteiger partial charge in [0.15, 0.2) is 0 Å². The van der Waals surface area contributed by atoms with Gasteiger partial charge in [0.1, 0.15) is 0 Å². The van der Waals surface area contributed by atoms with Crippen LogP contribution in [0.15, 0.2) is 206 Å². The number of aromatic nitrogens is 3. The van der Waals surface area contributed by atoms with Crippen molar-refractivity contribution < 1.29 is 0 Å². The van der Waals surface area contributed by atoms with Gasteiger partial charge in [0.05, 0.1) is 33.5 Å². The zero-order valence-electron chi connectivity index (χ0n) is 31.5. The molecule has 0 atom stereocenters. The molecule has 3 heteroatoms. The normalized spacial score (nSPS) is 11.6. The van der Waals surface area contributed by atoms with Crippen LogP contribution >= 0.6 is 0 Å². The van der Waals surface area contributed by atoms with Gasteiger partial charge < -0.3 is 9.13 Å². The van der Waals surface area contributed by atoms with Crippen LogP contribution in [0.3, 0.4) is 0 Å². The Balaban J connectivity index is 1.00. The molecule has 8 aromatic carbocycles. The Morgan fingerprint density at radius 2 is 0.702 bits per heavy atom. The van der Waals surface area contributed by atoms with E-state index in [-0.39, 0.29) is 0 Å². The topological polar surface area (TPSA) is 22.8 Å². The molecule has 0 aliphatic heterocycles. The molecule has 0 bridgehead atoms. The third kappa shape index (κ3) is 5.63. The molecule has 3 nitrogen and oxygen atoms in total. The van der Waals surface area contributed by atoms with Crippen molar-refractivity contribution in [3.8, 4) is 56.1 Å². The molecule has 11 aromatic rings. The molecule has 0 N–H and O–H groups in total. The lowest BCUT2D eigenvalue weighted by Crippen LogP contribution is -1.94. The number of pyridine rings is 1. The molecule has 11 rings (SSSR count). The summed E-state index contributed by atoms with van der Waals surface area (Å²) in [5, 5.41) is 5.00. The Hall–Kier alpha value is -7.49. The monoisotopic (exact) mass is 727 g/mol. The van der Waals surface area contributed by atoms with Crippen molar-refractivity contribution in [2.24, 2.45) is 0 Å². The fraction of sp³-hybridized carbons (Fsp3) is 0.0185. The smallest absolute Gasteiger partial charge is 0.0715 e. The highest BCUT2D eigenvalue weighted by atomic mass is 15.0. The first kappa shape index (κ1) is 32.9. The molecular formula is C54H37N3. The van der Waals surface area contributed by atoms with E-state index in [0.29, 0.717) is 0 Å². The lowest BCUT2D eigenvalue weighted by molar-refractivity contribution is 1.17. The average molecular weight is 728 g/mol. The van der Waals surface area contributed by atoms with Gasteiger partial charge in [-0.1, -0.05) is 139 Å². The zero-order valence-corrected chi connectivity index (χ0v) is 31.5. The first-order chi connectivity index (χ1) is 28.2. The highest BCUT2D eigenvalue weighted by molar-refractivity contribution is 6.12. The molecule has 0 saturated heterocycles. The third-order valence-electron chi connectivity index (χ3n) is 11.4. The Morgan fingerprint density at radius 1 is 0.298 bits per heavy atom. The third-order valence-corrected chi connectivity index (χ3v) is 11.4. The van der Waals surface area contributed by atoms with Crippen molar-refractivity contribution >= 4 is 43.6 Å². The number of nitrogens with zero attached hydrogens (tertiary/aromatic N) is 3. The van der Waals surface area contributed by atoms with E-state index in [1.807, 2.05) is 12.1 Å². The van der Waals surface area contributed by atoms with Crippen LogP contribution in [0.2, 0.25) is 0 Å². The van der Waals surface area contributed by atoms with Crippen LogP contribution in [0, 0.1) is 6.92 Å². The highest BCUT2D eigenvalue weighted by Gasteiger charge is 2.17. The van der Waals surface area contributed by atoms with Gasteiger partial charge in [-0.15, -0.1) is 0 Å². The second kappa shape index (κ2) is 13.4. The number of benzene rings is 8. The molecule has 3 heterocycles. The van der Waals surface area contributed by atoms with Crippen molar-refractivity contribution in [1.29, 1.82) is 0 Å². The van der Waals surface area contributed by atoms with Gasteiger partial charge in [0.25, 0.3) is 0 Å². The second-order valence-corrected chi connectivity index (χ2v) is 14.9. The second-order valence-electron chi connectivity index (χ2n) is 14.9. The molecule has 0 fully saturated rings. The summed E-state index contributed by atoms with van der Waals surface area (Å²) in [6.07, 6.45) is 0. The van der Waals surface area contributed by atoms with Gasteiger partial charge >= 0.3 is 0 Å². The molecule has 0 saturated carbocycles. The van der Waals surface area contributed by atoms with Crippen molar-refractivity contribution in [1.82, 2.24) is 14.1 Å². The fourth-order valence-corrected chi connectivity index (χ4v) is 8.57. The van der Waals surface area contributed by atoms with Crippen LogP contribution < -0.4 is 0 Å². The number of fused-ring (bicyclic) bond motifs is 6. The van der Waals surface area contributed by atoms with Crippen molar-refractivity contribution in [2.75, 3.05) is 0 Å². The van der Waals surface area contributed by atoms with Crippen LogP contribution in [0.5, 0.6) is 0 Å². The fourth-order valence-electron chi connectivity index (χ4n) is 8.57. The summed E-state index contributed by atoms with van der Waals surface area (Å²) in [5.41, 5.74) is 17.2. The van der Waals surface area contributed by atoms with Crippen LogP contribution in [-0.4, -0.2) is 14.1 Å². The maximum Gasteiger partial charge on any atom is 0.0715 e. The maximum absolute atomic E-state index is 5.09. The van der Waals surface area contributed by atoms with Crippen molar-refractivity contribution in [3.05, 3.63) is 212 Å². The Morgan fingerprint density at radius 3 is 1.19 bits per heavy atom. The molecule has 0 spiro atoms. The number of hydrogen-bond donors (Lipinski definition) is 0. The molecular weight excluding hydrogens is 691 g/mol. The molecule has 0 unspecified atom stereocenters. The summed E-state index contributed by atoms with van der Waals surface area (Å²) < 4.78 is 4.78.